The molecular weight excluding hydrogens is 260 g/mol. The maximum atomic E-state index is 5.53. The Labute approximate surface area is 129 Å². The van der Waals surface area contributed by atoms with Crippen molar-refractivity contribution in [2.24, 2.45) is 0 Å². The van der Waals surface area contributed by atoms with Gasteiger partial charge in [-0.3, -0.25) is 4.90 Å². The summed E-state index contributed by atoms with van der Waals surface area (Å²) < 4.78 is 5.53. The highest BCUT2D eigenvalue weighted by molar-refractivity contribution is 5.29. The maximum absolute atomic E-state index is 5.53. The van der Waals surface area contributed by atoms with E-state index < -0.39 is 0 Å². The van der Waals surface area contributed by atoms with Crippen molar-refractivity contribution in [3.05, 3.63) is 29.8 Å². The molecule has 0 bridgehead atoms. The number of likely N-dealkylation sites (tertiary alicyclic amines) is 1. The molecule has 1 aliphatic heterocycles. The van der Waals surface area contributed by atoms with Gasteiger partial charge in [-0.05, 0) is 57.9 Å². The summed E-state index contributed by atoms with van der Waals surface area (Å²) in [7, 11) is 2.06. The molecule has 21 heavy (non-hydrogen) atoms. The second-order valence-corrected chi connectivity index (χ2v) is 6.03. The summed E-state index contributed by atoms with van der Waals surface area (Å²) in [5.74, 6) is 0.956. The largest absolute Gasteiger partial charge is 0.494 e. The van der Waals surface area contributed by atoms with Crippen molar-refractivity contribution in [1.29, 1.82) is 0 Å². The molecule has 0 aliphatic carbocycles. The van der Waals surface area contributed by atoms with Crippen LogP contribution in [0.15, 0.2) is 24.3 Å². The van der Waals surface area contributed by atoms with Crippen molar-refractivity contribution < 1.29 is 4.74 Å². The van der Waals surface area contributed by atoms with Crippen molar-refractivity contribution in [1.82, 2.24) is 10.2 Å². The summed E-state index contributed by atoms with van der Waals surface area (Å²) in [5.41, 5.74) is 1.34. The first kappa shape index (κ1) is 16.3. The van der Waals surface area contributed by atoms with E-state index in [0.717, 1.165) is 24.9 Å². The zero-order chi connectivity index (χ0) is 15.2. The lowest BCUT2D eigenvalue weighted by atomic mass is 10.1. The fraction of sp³-hybridized carbons (Fsp3) is 0.667. The highest BCUT2D eigenvalue weighted by Crippen LogP contribution is 2.29. The molecule has 3 atom stereocenters. The smallest absolute Gasteiger partial charge is 0.119 e. The Morgan fingerprint density at radius 1 is 1.24 bits per heavy atom. The van der Waals surface area contributed by atoms with E-state index in [9.17, 15) is 0 Å². The Bertz CT molecular complexity index is 418. The lowest BCUT2D eigenvalue weighted by molar-refractivity contribution is 0.179. The van der Waals surface area contributed by atoms with Crippen molar-refractivity contribution in [3.8, 4) is 5.75 Å². The first-order valence-electron chi connectivity index (χ1n) is 8.35. The van der Waals surface area contributed by atoms with E-state index in [4.69, 9.17) is 4.74 Å². The van der Waals surface area contributed by atoms with Crippen LogP contribution in [0, 0.1) is 0 Å². The summed E-state index contributed by atoms with van der Waals surface area (Å²) in [6.07, 6.45) is 3.93. The molecule has 1 N–H and O–H groups in total. The Morgan fingerprint density at radius 2 is 1.95 bits per heavy atom. The minimum absolute atomic E-state index is 0.385. The summed E-state index contributed by atoms with van der Waals surface area (Å²) in [6, 6.07) is 10.4. The number of nitrogens with one attached hydrogen (secondary N) is 1. The number of ether oxygens (including phenoxy) is 1. The van der Waals surface area contributed by atoms with Crippen molar-refractivity contribution in [2.45, 2.75) is 58.2 Å². The molecule has 0 aromatic heterocycles. The van der Waals surface area contributed by atoms with Crippen molar-refractivity contribution in [2.75, 3.05) is 20.2 Å². The molecule has 0 radical (unpaired) electrons. The third-order valence-electron chi connectivity index (χ3n) is 4.76. The Balaban J connectivity index is 2.05. The van der Waals surface area contributed by atoms with Crippen LogP contribution in [-0.2, 0) is 0 Å². The topological polar surface area (TPSA) is 24.5 Å². The van der Waals surface area contributed by atoms with Gasteiger partial charge in [0.15, 0.2) is 0 Å². The predicted molar refractivity (Wildman–Crippen MR) is 88.9 cm³/mol. The van der Waals surface area contributed by atoms with E-state index in [2.05, 4.69) is 55.4 Å². The van der Waals surface area contributed by atoms with Gasteiger partial charge < -0.3 is 10.1 Å². The molecule has 0 amide bonds. The maximum Gasteiger partial charge on any atom is 0.119 e. The third kappa shape index (κ3) is 3.98. The molecule has 1 aromatic carbocycles. The van der Waals surface area contributed by atoms with E-state index in [1.165, 1.54) is 24.8 Å². The molecule has 2 rings (SSSR count). The molecule has 1 saturated heterocycles. The lowest BCUT2D eigenvalue weighted by Crippen LogP contribution is -2.40. The van der Waals surface area contributed by atoms with Crippen LogP contribution in [0.3, 0.4) is 0 Å². The molecule has 1 aliphatic rings. The van der Waals surface area contributed by atoms with E-state index in [1.54, 1.807) is 0 Å². The fourth-order valence-corrected chi connectivity index (χ4v) is 3.43. The molecule has 3 nitrogen and oxygen atoms in total. The SMILES string of the molecule is CCOc1ccc(C(CN2C(C)CCC2CC)NC)cc1. The Kier molecular flexibility index (Phi) is 6.07. The molecule has 0 spiro atoms. The van der Waals surface area contributed by atoms with Gasteiger partial charge in [-0.1, -0.05) is 19.1 Å². The zero-order valence-electron chi connectivity index (χ0n) is 13.9. The quantitative estimate of drug-likeness (QED) is 0.830. The van der Waals surface area contributed by atoms with E-state index in [1.807, 2.05) is 6.92 Å². The number of hydrogen-bond acceptors (Lipinski definition) is 3. The number of hydrogen-bond donors (Lipinski definition) is 1. The first-order valence-corrected chi connectivity index (χ1v) is 8.35. The molecule has 0 saturated carbocycles. The zero-order valence-corrected chi connectivity index (χ0v) is 13.9. The van der Waals surface area contributed by atoms with Crippen LogP contribution in [-0.4, -0.2) is 37.2 Å². The Morgan fingerprint density at radius 3 is 2.52 bits per heavy atom. The highest BCUT2D eigenvalue weighted by atomic mass is 16.5. The lowest BCUT2D eigenvalue weighted by Gasteiger charge is -2.32. The molecule has 3 heteroatoms. The van der Waals surface area contributed by atoms with Crippen molar-refractivity contribution in [3.63, 3.8) is 0 Å². The molecular formula is C18H30N2O. The van der Waals surface area contributed by atoms with Gasteiger partial charge in [0.25, 0.3) is 0 Å². The van der Waals surface area contributed by atoms with Crippen LogP contribution < -0.4 is 10.1 Å². The van der Waals surface area contributed by atoms with Gasteiger partial charge in [0.1, 0.15) is 5.75 Å². The number of rotatable bonds is 7. The minimum atomic E-state index is 0.385. The van der Waals surface area contributed by atoms with E-state index in [-0.39, 0.29) is 0 Å². The second-order valence-electron chi connectivity index (χ2n) is 6.03. The summed E-state index contributed by atoms with van der Waals surface area (Å²) in [4.78, 5) is 2.68. The molecule has 3 unspecified atom stereocenters. The molecule has 118 valence electrons. The molecule has 1 fully saturated rings. The van der Waals surface area contributed by atoms with Gasteiger partial charge in [0.2, 0.25) is 0 Å². The fourth-order valence-electron chi connectivity index (χ4n) is 3.43. The highest BCUT2D eigenvalue weighted by Gasteiger charge is 2.30. The minimum Gasteiger partial charge on any atom is -0.494 e. The summed E-state index contributed by atoms with van der Waals surface area (Å²) in [6.45, 7) is 8.49. The van der Waals surface area contributed by atoms with Crippen molar-refractivity contribution >= 4 is 0 Å². The van der Waals surface area contributed by atoms with Gasteiger partial charge in [0, 0.05) is 24.7 Å². The van der Waals surface area contributed by atoms with Crippen LogP contribution >= 0.6 is 0 Å². The first-order chi connectivity index (χ1) is 10.2. The van der Waals surface area contributed by atoms with Gasteiger partial charge in [-0.2, -0.15) is 0 Å². The standard InChI is InChI=1S/C18H30N2O/c1-5-16-10-7-14(3)20(16)13-18(19-4)15-8-11-17(12-9-15)21-6-2/h8-9,11-12,14,16,18-19H,5-7,10,13H2,1-4H3. The summed E-state index contributed by atoms with van der Waals surface area (Å²) in [5, 5.41) is 3.48. The predicted octanol–water partition coefficient (Wildman–Crippen LogP) is 3.61. The van der Waals surface area contributed by atoms with Crippen LogP contribution in [0.4, 0.5) is 0 Å². The normalized spacial score (nSPS) is 24.2. The van der Waals surface area contributed by atoms with Crippen LogP contribution in [0.25, 0.3) is 0 Å². The Hall–Kier alpha value is -1.06. The molecule has 1 heterocycles. The van der Waals surface area contributed by atoms with E-state index >= 15 is 0 Å². The summed E-state index contributed by atoms with van der Waals surface area (Å²) >= 11 is 0. The number of benzene rings is 1. The second kappa shape index (κ2) is 7.81. The molecule has 1 aromatic rings. The van der Waals surface area contributed by atoms with Crippen LogP contribution in [0.5, 0.6) is 5.75 Å². The average Bonchev–Trinajstić information content (AvgIpc) is 2.86. The number of nitrogens with zero attached hydrogens (tertiary/aromatic N) is 1. The van der Waals surface area contributed by atoms with E-state index in [0.29, 0.717) is 12.1 Å². The van der Waals surface area contributed by atoms with Gasteiger partial charge >= 0.3 is 0 Å². The van der Waals surface area contributed by atoms with Gasteiger partial charge in [-0.15, -0.1) is 0 Å². The third-order valence-corrected chi connectivity index (χ3v) is 4.76. The van der Waals surface area contributed by atoms with Crippen LogP contribution in [0.2, 0.25) is 0 Å². The van der Waals surface area contributed by atoms with Gasteiger partial charge in [-0.25, -0.2) is 0 Å². The average molecular weight is 290 g/mol. The van der Waals surface area contributed by atoms with Crippen LogP contribution in [0.1, 0.15) is 51.6 Å². The monoisotopic (exact) mass is 290 g/mol. The van der Waals surface area contributed by atoms with Gasteiger partial charge in [0.05, 0.1) is 6.61 Å². The number of likely N-dealkylation sites (N-methyl/N-ethyl adjacent to an activating group) is 1.